The Kier molecular flexibility index (Phi) is 5.31. The van der Waals surface area contributed by atoms with E-state index in [1.807, 2.05) is 0 Å². The standard InChI is InChI=1S/C20H21FN2O5S/c21-15-6-2-3-7-16(15)22-29(25,26)14-8-9-17-18(12-14)27-13-19(28-17)20(24)23-10-4-1-5-11-23/h2-3,6-9,12,19,22H,1,4-5,10-11,13H2/t19-/m0/s1. The number of hydrogen-bond acceptors (Lipinski definition) is 5. The van der Waals surface area contributed by atoms with Crippen LogP contribution in [0.3, 0.4) is 0 Å². The first-order chi connectivity index (χ1) is 13.9. The molecule has 4 rings (SSSR count). The van der Waals surface area contributed by atoms with Crippen molar-refractivity contribution in [1.29, 1.82) is 0 Å². The van der Waals surface area contributed by atoms with Gasteiger partial charge < -0.3 is 14.4 Å². The molecule has 7 nitrogen and oxygen atoms in total. The van der Waals surface area contributed by atoms with Crippen LogP contribution in [-0.2, 0) is 14.8 Å². The average Bonchev–Trinajstić information content (AvgIpc) is 2.74. The first-order valence-corrected chi connectivity index (χ1v) is 10.9. The molecule has 9 heteroatoms. The zero-order chi connectivity index (χ0) is 20.4. The van der Waals surface area contributed by atoms with Crippen LogP contribution in [-0.4, -0.2) is 45.0 Å². The maximum atomic E-state index is 13.8. The number of ether oxygens (including phenoxy) is 2. The topological polar surface area (TPSA) is 84.9 Å². The highest BCUT2D eigenvalue weighted by atomic mass is 32.2. The number of nitrogens with one attached hydrogen (secondary N) is 1. The van der Waals surface area contributed by atoms with Gasteiger partial charge in [-0.15, -0.1) is 0 Å². The SMILES string of the molecule is O=C([C@@H]1COc2cc(S(=O)(=O)Nc3ccccc3F)ccc2O1)N1CCCCC1. The summed E-state index contributed by atoms with van der Waals surface area (Å²) in [5.74, 6) is -0.262. The van der Waals surface area contributed by atoms with E-state index < -0.39 is 21.9 Å². The number of halogens is 1. The van der Waals surface area contributed by atoms with Crippen LogP contribution >= 0.6 is 0 Å². The summed E-state index contributed by atoms with van der Waals surface area (Å²) in [6.07, 6.45) is 2.32. The molecule has 2 aromatic carbocycles. The molecule has 0 aromatic heterocycles. The smallest absolute Gasteiger partial charge is 0.267 e. The number of likely N-dealkylation sites (tertiary alicyclic amines) is 1. The number of hydrogen-bond donors (Lipinski definition) is 1. The predicted octanol–water partition coefficient (Wildman–Crippen LogP) is 2.78. The number of nitrogens with zero attached hydrogens (tertiary/aromatic N) is 1. The molecule has 0 aliphatic carbocycles. The highest BCUT2D eigenvalue weighted by Gasteiger charge is 2.32. The minimum absolute atomic E-state index is 0.00652. The fourth-order valence-corrected chi connectivity index (χ4v) is 4.49. The van der Waals surface area contributed by atoms with Crippen molar-refractivity contribution in [3.05, 3.63) is 48.3 Å². The summed E-state index contributed by atoms with van der Waals surface area (Å²) >= 11 is 0. The Hall–Kier alpha value is -2.81. The Morgan fingerprint density at radius 2 is 1.83 bits per heavy atom. The van der Waals surface area contributed by atoms with Crippen molar-refractivity contribution in [2.75, 3.05) is 24.4 Å². The van der Waals surface area contributed by atoms with Gasteiger partial charge in [0.2, 0.25) is 6.10 Å². The van der Waals surface area contributed by atoms with Crippen LogP contribution < -0.4 is 14.2 Å². The lowest BCUT2D eigenvalue weighted by molar-refractivity contribution is -0.142. The molecule has 1 N–H and O–H groups in total. The van der Waals surface area contributed by atoms with Crippen LogP contribution in [0.4, 0.5) is 10.1 Å². The van der Waals surface area contributed by atoms with Gasteiger partial charge in [-0.05, 0) is 43.5 Å². The fraction of sp³-hybridized carbons (Fsp3) is 0.350. The van der Waals surface area contributed by atoms with Crippen LogP contribution in [0.15, 0.2) is 47.4 Å². The van der Waals surface area contributed by atoms with E-state index in [9.17, 15) is 17.6 Å². The lowest BCUT2D eigenvalue weighted by atomic mass is 10.1. The minimum Gasteiger partial charge on any atom is -0.485 e. The number of fused-ring (bicyclic) bond motifs is 1. The number of anilines is 1. The van der Waals surface area contributed by atoms with E-state index in [4.69, 9.17) is 9.47 Å². The molecule has 0 unspecified atom stereocenters. The predicted molar refractivity (Wildman–Crippen MR) is 104 cm³/mol. The van der Waals surface area contributed by atoms with Crippen LogP contribution in [0.25, 0.3) is 0 Å². The normalized spacial score (nSPS) is 18.9. The molecule has 1 atom stereocenters. The average molecular weight is 420 g/mol. The Labute approximate surface area is 168 Å². The van der Waals surface area contributed by atoms with Gasteiger partial charge in [0.1, 0.15) is 12.4 Å². The third-order valence-corrected chi connectivity index (χ3v) is 6.31. The molecule has 2 aromatic rings. The van der Waals surface area contributed by atoms with Crippen LogP contribution in [0.2, 0.25) is 0 Å². The maximum absolute atomic E-state index is 13.8. The number of carbonyl (C=O) groups excluding carboxylic acids is 1. The molecule has 2 heterocycles. The lowest BCUT2D eigenvalue weighted by Crippen LogP contribution is -2.48. The van der Waals surface area contributed by atoms with Gasteiger partial charge in [-0.1, -0.05) is 12.1 Å². The molecule has 1 amide bonds. The van der Waals surface area contributed by atoms with Gasteiger partial charge in [-0.2, -0.15) is 0 Å². The zero-order valence-corrected chi connectivity index (χ0v) is 16.5. The molecular formula is C20H21FN2O5S. The van der Waals surface area contributed by atoms with Gasteiger partial charge in [0.05, 0.1) is 10.6 Å². The van der Waals surface area contributed by atoms with Crippen molar-refractivity contribution in [1.82, 2.24) is 4.90 Å². The lowest BCUT2D eigenvalue weighted by Gasteiger charge is -2.32. The molecule has 1 saturated heterocycles. The third-order valence-electron chi connectivity index (χ3n) is 4.95. The quantitative estimate of drug-likeness (QED) is 0.822. The van der Waals surface area contributed by atoms with Crippen molar-refractivity contribution in [3.8, 4) is 11.5 Å². The molecule has 0 spiro atoms. The van der Waals surface area contributed by atoms with Crippen LogP contribution in [0.1, 0.15) is 19.3 Å². The number of sulfonamides is 1. The van der Waals surface area contributed by atoms with Gasteiger partial charge in [0.25, 0.3) is 15.9 Å². The Morgan fingerprint density at radius 3 is 2.59 bits per heavy atom. The summed E-state index contributed by atoms with van der Waals surface area (Å²) in [4.78, 5) is 14.3. The van der Waals surface area contributed by atoms with Gasteiger partial charge in [0.15, 0.2) is 11.5 Å². The van der Waals surface area contributed by atoms with Gasteiger partial charge in [-0.25, -0.2) is 12.8 Å². The van der Waals surface area contributed by atoms with Crippen molar-refractivity contribution in [3.63, 3.8) is 0 Å². The first kappa shape index (κ1) is 19.5. The van der Waals surface area contributed by atoms with E-state index in [0.717, 1.165) is 19.3 Å². The molecule has 1 fully saturated rings. The maximum Gasteiger partial charge on any atom is 0.267 e. The monoisotopic (exact) mass is 420 g/mol. The van der Waals surface area contributed by atoms with E-state index in [1.54, 1.807) is 4.90 Å². The summed E-state index contributed by atoms with van der Waals surface area (Å²) in [6.45, 7) is 1.43. The Balaban J connectivity index is 1.50. The van der Waals surface area contributed by atoms with E-state index in [2.05, 4.69) is 4.72 Å². The van der Waals surface area contributed by atoms with Crippen molar-refractivity contribution >= 4 is 21.6 Å². The highest BCUT2D eigenvalue weighted by molar-refractivity contribution is 7.92. The highest BCUT2D eigenvalue weighted by Crippen LogP contribution is 2.35. The van der Waals surface area contributed by atoms with Gasteiger partial charge in [-0.3, -0.25) is 9.52 Å². The molecule has 0 saturated carbocycles. The number of piperidine rings is 1. The minimum atomic E-state index is -4.02. The molecule has 29 heavy (non-hydrogen) atoms. The first-order valence-electron chi connectivity index (χ1n) is 9.44. The number of carbonyl (C=O) groups is 1. The van der Waals surface area contributed by atoms with Gasteiger partial charge >= 0.3 is 0 Å². The summed E-state index contributed by atoms with van der Waals surface area (Å²) in [5, 5.41) is 0. The Bertz CT molecular complexity index is 1020. The summed E-state index contributed by atoms with van der Waals surface area (Å²) in [7, 11) is -4.02. The number of amides is 1. The fourth-order valence-electron chi connectivity index (χ4n) is 3.41. The molecule has 0 bridgehead atoms. The summed E-state index contributed by atoms with van der Waals surface area (Å²) in [5.41, 5.74) is -0.144. The van der Waals surface area contributed by atoms with Crippen molar-refractivity contribution in [2.45, 2.75) is 30.3 Å². The van der Waals surface area contributed by atoms with Crippen molar-refractivity contribution < 1.29 is 27.1 Å². The van der Waals surface area contributed by atoms with E-state index in [1.165, 1.54) is 42.5 Å². The second-order valence-electron chi connectivity index (χ2n) is 7.00. The number of rotatable bonds is 4. The molecule has 2 aliphatic rings. The van der Waals surface area contributed by atoms with Crippen molar-refractivity contribution in [2.24, 2.45) is 0 Å². The third kappa shape index (κ3) is 4.14. The second-order valence-corrected chi connectivity index (χ2v) is 8.68. The largest absolute Gasteiger partial charge is 0.485 e. The summed E-state index contributed by atoms with van der Waals surface area (Å²) in [6, 6.07) is 9.59. The zero-order valence-electron chi connectivity index (χ0n) is 15.6. The van der Waals surface area contributed by atoms with E-state index >= 15 is 0 Å². The van der Waals surface area contributed by atoms with Gasteiger partial charge in [0, 0.05) is 19.2 Å². The second kappa shape index (κ2) is 7.90. The number of benzene rings is 2. The molecule has 0 radical (unpaired) electrons. The van der Waals surface area contributed by atoms with Crippen LogP contribution in [0.5, 0.6) is 11.5 Å². The molecular weight excluding hydrogens is 399 g/mol. The van der Waals surface area contributed by atoms with E-state index in [-0.39, 0.29) is 28.8 Å². The van der Waals surface area contributed by atoms with Crippen LogP contribution in [0, 0.1) is 5.82 Å². The molecule has 2 aliphatic heterocycles. The van der Waals surface area contributed by atoms with E-state index in [0.29, 0.717) is 18.8 Å². The molecule has 154 valence electrons. The number of para-hydroxylation sites is 1. The Morgan fingerprint density at radius 1 is 1.07 bits per heavy atom. The summed E-state index contributed by atoms with van der Waals surface area (Å²) < 4.78 is 52.5.